The second kappa shape index (κ2) is 10.1. The van der Waals surface area contributed by atoms with Gasteiger partial charge in [0.05, 0.1) is 18.6 Å². The standard InChI is InChI=1S/C23H25ClN4O5S/c1-27(15-21-25-22(26-33-21)17-4-3-5-18(24)14-17)23(29)16-10-12-28(13-11-16)34(30,31)20-8-6-19(32-2)7-9-20/h3-9,14,16H,10-13,15H2,1-2H3. The van der Waals surface area contributed by atoms with Crippen LogP contribution in [0, 0.1) is 5.92 Å². The zero-order valence-electron chi connectivity index (χ0n) is 18.8. The highest BCUT2D eigenvalue weighted by Gasteiger charge is 2.33. The van der Waals surface area contributed by atoms with Crippen molar-refractivity contribution < 1.29 is 22.5 Å². The minimum absolute atomic E-state index is 0.0796. The monoisotopic (exact) mass is 504 g/mol. The molecule has 1 aromatic heterocycles. The number of carbonyl (C=O) groups is 1. The number of amides is 1. The third-order valence-corrected chi connectivity index (χ3v) is 7.95. The lowest BCUT2D eigenvalue weighted by Gasteiger charge is -2.32. The second-order valence-electron chi connectivity index (χ2n) is 8.07. The van der Waals surface area contributed by atoms with E-state index in [0.29, 0.717) is 35.3 Å². The minimum atomic E-state index is -3.62. The Morgan fingerprint density at radius 1 is 1.21 bits per heavy atom. The van der Waals surface area contributed by atoms with E-state index < -0.39 is 10.0 Å². The van der Waals surface area contributed by atoms with Crippen LogP contribution in [0.3, 0.4) is 0 Å². The number of rotatable bonds is 7. The molecular formula is C23H25ClN4O5S. The fourth-order valence-electron chi connectivity index (χ4n) is 3.90. The Labute approximate surface area is 203 Å². The van der Waals surface area contributed by atoms with Crippen LogP contribution >= 0.6 is 11.6 Å². The summed E-state index contributed by atoms with van der Waals surface area (Å²) in [6.07, 6.45) is 0.881. The molecule has 0 N–H and O–H groups in total. The SMILES string of the molecule is COc1ccc(S(=O)(=O)N2CCC(C(=O)N(C)Cc3nc(-c4cccc(Cl)c4)no3)CC2)cc1. The second-order valence-corrected chi connectivity index (χ2v) is 10.4. The first kappa shape index (κ1) is 24.2. The number of ether oxygens (including phenoxy) is 1. The van der Waals surface area contributed by atoms with Crippen LogP contribution in [0.5, 0.6) is 5.75 Å². The Morgan fingerprint density at radius 3 is 2.56 bits per heavy atom. The first-order valence-electron chi connectivity index (χ1n) is 10.8. The Morgan fingerprint density at radius 2 is 1.91 bits per heavy atom. The molecule has 1 fully saturated rings. The van der Waals surface area contributed by atoms with Gasteiger partial charge in [-0.1, -0.05) is 28.9 Å². The van der Waals surface area contributed by atoms with Gasteiger partial charge in [-0.15, -0.1) is 0 Å². The number of aromatic nitrogens is 2. The van der Waals surface area contributed by atoms with Gasteiger partial charge in [0.15, 0.2) is 0 Å². The molecule has 2 aromatic carbocycles. The van der Waals surface area contributed by atoms with Crippen molar-refractivity contribution in [2.75, 3.05) is 27.2 Å². The molecule has 0 aliphatic carbocycles. The normalized spacial score (nSPS) is 15.3. The summed E-state index contributed by atoms with van der Waals surface area (Å²) in [5, 5.41) is 4.53. The van der Waals surface area contributed by atoms with E-state index in [2.05, 4.69) is 10.1 Å². The number of piperidine rings is 1. The first-order valence-corrected chi connectivity index (χ1v) is 12.6. The van der Waals surface area contributed by atoms with Gasteiger partial charge in [-0.25, -0.2) is 8.42 Å². The summed E-state index contributed by atoms with van der Waals surface area (Å²) in [6, 6.07) is 13.4. The molecule has 9 nitrogen and oxygen atoms in total. The van der Waals surface area contributed by atoms with Gasteiger partial charge in [-0.2, -0.15) is 9.29 Å². The lowest BCUT2D eigenvalue weighted by Crippen LogP contribution is -2.43. The molecule has 0 saturated carbocycles. The number of benzene rings is 2. The maximum Gasteiger partial charge on any atom is 0.246 e. The summed E-state index contributed by atoms with van der Waals surface area (Å²) in [7, 11) is -0.422. The third kappa shape index (κ3) is 5.24. The van der Waals surface area contributed by atoms with Crippen LogP contribution in [0.15, 0.2) is 57.9 Å². The van der Waals surface area contributed by atoms with E-state index in [9.17, 15) is 13.2 Å². The van der Waals surface area contributed by atoms with E-state index in [1.54, 1.807) is 37.4 Å². The Balaban J connectivity index is 1.34. The van der Waals surface area contributed by atoms with Crippen molar-refractivity contribution in [3.05, 3.63) is 59.4 Å². The van der Waals surface area contributed by atoms with Gasteiger partial charge in [-0.05, 0) is 49.2 Å². The summed E-state index contributed by atoms with van der Waals surface area (Å²) in [6.45, 7) is 0.715. The largest absolute Gasteiger partial charge is 0.497 e. The molecule has 1 aliphatic heterocycles. The van der Waals surface area contributed by atoms with Gasteiger partial charge in [0.25, 0.3) is 0 Å². The molecule has 180 valence electrons. The highest BCUT2D eigenvalue weighted by molar-refractivity contribution is 7.89. The summed E-state index contributed by atoms with van der Waals surface area (Å²) in [4.78, 5) is 19.1. The average Bonchev–Trinajstić information content (AvgIpc) is 3.32. The van der Waals surface area contributed by atoms with Crippen molar-refractivity contribution in [1.29, 1.82) is 0 Å². The van der Waals surface area contributed by atoms with Crippen LogP contribution in [0.2, 0.25) is 5.02 Å². The Bertz CT molecular complexity index is 1250. The number of sulfonamides is 1. The van der Waals surface area contributed by atoms with E-state index in [0.717, 1.165) is 5.56 Å². The molecule has 3 aromatic rings. The molecule has 11 heteroatoms. The van der Waals surface area contributed by atoms with Gasteiger partial charge in [-0.3, -0.25) is 4.79 Å². The lowest BCUT2D eigenvalue weighted by atomic mass is 9.97. The smallest absolute Gasteiger partial charge is 0.246 e. The zero-order valence-corrected chi connectivity index (χ0v) is 20.4. The predicted octanol–water partition coefficient (Wildman–Crippen LogP) is 3.46. The quantitative estimate of drug-likeness (QED) is 0.485. The van der Waals surface area contributed by atoms with Gasteiger partial charge in [0.2, 0.25) is 27.6 Å². The number of halogens is 1. The fourth-order valence-corrected chi connectivity index (χ4v) is 5.56. The number of nitrogens with zero attached hydrogens (tertiary/aromatic N) is 4. The van der Waals surface area contributed by atoms with Gasteiger partial charge >= 0.3 is 0 Å². The molecule has 0 bridgehead atoms. The zero-order chi connectivity index (χ0) is 24.3. The number of hydrogen-bond donors (Lipinski definition) is 0. The van der Waals surface area contributed by atoms with Crippen molar-refractivity contribution in [2.24, 2.45) is 5.92 Å². The highest BCUT2D eigenvalue weighted by Crippen LogP contribution is 2.26. The van der Waals surface area contributed by atoms with Crippen molar-refractivity contribution in [3.8, 4) is 17.1 Å². The van der Waals surface area contributed by atoms with Gasteiger partial charge < -0.3 is 14.2 Å². The topological polar surface area (TPSA) is 106 Å². The molecule has 0 unspecified atom stereocenters. The fraction of sp³-hybridized carbons (Fsp3) is 0.348. The van der Waals surface area contributed by atoms with Crippen LogP contribution in [-0.4, -0.2) is 60.9 Å². The Kier molecular flexibility index (Phi) is 7.20. The summed E-state index contributed by atoms with van der Waals surface area (Å²) in [5.74, 6) is 0.944. The summed E-state index contributed by atoms with van der Waals surface area (Å²) < 4.78 is 37.7. The maximum absolute atomic E-state index is 13.0. The average molecular weight is 505 g/mol. The molecule has 0 radical (unpaired) electrons. The summed E-state index contributed by atoms with van der Waals surface area (Å²) >= 11 is 6.01. The van der Waals surface area contributed by atoms with Crippen molar-refractivity contribution in [2.45, 2.75) is 24.3 Å². The molecule has 0 atom stereocenters. The Hall–Kier alpha value is -2.95. The van der Waals surface area contributed by atoms with Crippen LogP contribution < -0.4 is 4.74 Å². The van der Waals surface area contributed by atoms with Crippen LogP contribution in [-0.2, 0) is 21.4 Å². The van der Waals surface area contributed by atoms with Crippen molar-refractivity contribution in [3.63, 3.8) is 0 Å². The highest BCUT2D eigenvalue weighted by atomic mass is 35.5. The first-order chi connectivity index (χ1) is 16.3. The number of carbonyl (C=O) groups excluding carboxylic acids is 1. The van der Waals surface area contributed by atoms with Gasteiger partial charge in [0.1, 0.15) is 5.75 Å². The number of methoxy groups -OCH3 is 1. The van der Waals surface area contributed by atoms with E-state index in [-0.39, 0.29) is 36.4 Å². The lowest BCUT2D eigenvalue weighted by molar-refractivity contribution is -0.136. The molecule has 34 heavy (non-hydrogen) atoms. The van der Waals surface area contributed by atoms with E-state index in [1.807, 2.05) is 6.07 Å². The van der Waals surface area contributed by atoms with Gasteiger partial charge in [0, 0.05) is 36.6 Å². The van der Waals surface area contributed by atoms with E-state index in [4.69, 9.17) is 20.9 Å². The molecule has 1 saturated heterocycles. The van der Waals surface area contributed by atoms with E-state index >= 15 is 0 Å². The molecule has 1 amide bonds. The summed E-state index contributed by atoms with van der Waals surface area (Å²) in [5.41, 5.74) is 0.724. The van der Waals surface area contributed by atoms with Crippen LogP contribution in [0.25, 0.3) is 11.4 Å². The molecule has 2 heterocycles. The third-order valence-electron chi connectivity index (χ3n) is 5.80. The van der Waals surface area contributed by atoms with E-state index in [1.165, 1.54) is 28.4 Å². The van der Waals surface area contributed by atoms with Crippen LogP contribution in [0.1, 0.15) is 18.7 Å². The van der Waals surface area contributed by atoms with Crippen molar-refractivity contribution >= 4 is 27.5 Å². The predicted molar refractivity (Wildman–Crippen MR) is 126 cm³/mol. The maximum atomic E-state index is 13.0. The molecular weight excluding hydrogens is 480 g/mol. The number of hydrogen-bond acceptors (Lipinski definition) is 7. The molecule has 1 aliphatic rings. The van der Waals surface area contributed by atoms with Crippen molar-refractivity contribution in [1.82, 2.24) is 19.3 Å². The van der Waals surface area contributed by atoms with Crippen LogP contribution in [0.4, 0.5) is 0 Å². The minimum Gasteiger partial charge on any atom is -0.497 e. The molecule has 4 rings (SSSR count). The molecule has 0 spiro atoms.